The summed E-state index contributed by atoms with van der Waals surface area (Å²) >= 11 is 0. The summed E-state index contributed by atoms with van der Waals surface area (Å²) in [5.41, 5.74) is -1.43. The molecule has 152 valence electrons. The molecule has 0 spiro atoms. The minimum Gasteiger partial charge on any atom is -0.508 e. The number of hydrogen-bond acceptors (Lipinski definition) is 4. The predicted molar refractivity (Wildman–Crippen MR) is 97.9 cm³/mol. The second-order valence-corrected chi connectivity index (χ2v) is 7.66. The number of phenols is 1. The maximum atomic E-state index is 13.2. The molecule has 0 bridgehead atoms. The van der Waals surface area contributed by atoms with Gasteiger partial charge in [0.2, 0.25) is 0 Å². The zero-order valence-electron chi connectivity index (χ0n) is 15.8. The second kappa shape index (κ2) is 7.32. The zero-order chi connectivity index (χ0) is 21.4. The maximum absolute atomic E-state index is 13.2. The van der Waals surface area contributed by atoms with E-state index in [1.54, 1.807) is 30.9 Å². The van der Waals surface area contributed by atoms with Crippen LogP contribution >= 0.6 is 0 Å². The maximum Gasteiger partial charge on any atom is 0.417 e. The van der Waals surface area contributed by atoms with Gasteiger partial charge in [-0.25, -0.2) is 0 Å². The van der Waals surface area contributed by atoms with Crippen LogP contribution in [-0.2, 0) is 17.5 Å². The number of aromatic hydroxyl groups is 1. The van der Waals surface area contributed by atoms with E-state index in [2.05, 4.69) is 0 Å². The Morgan fingerprint density at radius 3 is 2.48 bits per heavy atom. The van der Waals surface area contributed by atoms with Gasteiger partial charge in [-0.05, 0) is 35.9 Å². The lowest BCUT2D eigenvalue weighted by atomic mass is 9.89. The molecule has 1 atom stereocenters. The van der Waals surface area contributed by atoms with Crippen molar-refractivity contribution >= 4 is 5.91 Å². The van der Waals surface area contributed by atoms with E-state index in [1.807, 2.05) is 0 Å². The number of benzene rings is 2. The van der Waals surface area contributed by atoms with Crippen LogP contribution in [0.15, 0.2) is 42.5 Å². The van der Waals surface area contributed by atoms with Gasteiger partial charge in [0.25, 0.3) is 5.91 Å². The molecular weight excluding hydrogens is 385 g/mol. The smallest absolute Gasteiger partial charge is 0.417 e. The van der Waals surface area contributed by atoms with Gasteiger partial charge in [0.05, 0.1) is 17.2 Å². The topological polar surface area (TPSA) is 73.6 Å². The largest absolute Gasteiger partial charge is 0.508 e. The molecule has 1 saturated heterocycles. The molecule has 8 heteroatoms. The number of hydrogen-bond donors (Lipinski definition) is 1. The van der Waals surface area contributed by atoms with Crippen molar-refractivity contribution in [1.82, 2.24) is 4.90 Å². The molecule has 1 amide bonds. The van der Waals surface area contributed by atoms with Crippen LogP contribution in [-0.4, -0.2) is 28.6 Å². The Morgan fingerprint density at radius 2 is 1.90 bits per heavy atom. The van der Waals surface area contributed by atoms with Gasteiger partial charge < -0.3 is 14.7 Å². The van der Waals surface area contributed by atoms with Gasteiger partial charge in [0.1, 0.15) is 11.5 Å². The normalized spacial score (nSPS) is 18.6. The first-order chi connectivity index (χ1) is 13.5. The van der Waals surface area contributed by atoms with Crippen molar-refractivity contribution in [3.63, 3.8) is 0 Å². The molecule has 0 saturated carbocycles. The quantitative estimate of drug-likeness (QED) is 0.833. The number of carbonyl (C=O) groups excluding carboxylic acids is 1. The molecule has 5 nitrogen and oxygen atoms in total. The monoisotopic (exact) mass is 404 g/mol. The van der Waals surface area contributed by atoms with Crippen LogP contribution in [0.3, 0.4) is 0 Å². The van der Waals surface area contributed by atoms with Crippen molar-refractivity contribution in [3.05, 3.63) is 59.2 Å². The summed E-state index contributed by atoms with van der Waals surface area (Å²) in [6.45, 7) is 4.27. The first kappa shape index (κ1) is 20.5. The number of alkyl halides is 3. The molecule has 1 aliphatic rings. The fourth-order valence-electron chi connectivity index (χ4n) is 3.38. The van der Waals surface area contributed by atoms with E-state index in [-0.39, 0.29) is 17.4 Å². The van der Waals surface area contributed by atoms with Crippen LogP contribution in [0.25, 0.3) is 0 Å². The molecule has 2 aromatic rings. The van der Waals surface area contributed by atoms with Gasteiger partial charge in [-0.3, -0.25) is 4.79 Å². The Morgan fingerprint density at radius 1 is 1.24 bits per heavy atom. The Bertz CT molecular complexity index is 963. The van der Waals surface area contributed by atoms with Crippen molar-refractivity contribution in [3.8, 4) is 17.6 Å². The third-order valence-corrected chi connectivity index (χ3v) is 4.82. The van der Waals surface area contributed by atoms with E-state index in [0.717, 1.165) is 17.7 Å². The van der Waals surface area contributed by atoms with Crippen molar-refractivity contribution in [2.75, 3.05) is 6.54 Å². The highest BCUT2D eigenvalue weighted by atomic mass is 19.4. The highest BCUT2D eigenvalue weighted by molar-refractivity contribution is 5.84. The molecular formula is C21H19F3N2O3. The number of nitrogens with zero attached hydrogens (tertiary/aromatic N) is 2. The van der Waals surface area contributed by atoms with Crippen LogP contribution in [0.1, 0.15) is 30.5 Å². The third-order valence-electron chi connectivity index (χ3n) is 4.82. The fraction of sp³-hybridized carbons (Fsp3) is 0.333. The molecule has 0 radical (unpaired) electrons. The van der Waals surface area contributed by atoms with E-state index in [0.29, 0.717) is 13.1 Å². The van der Waals surface area contributed by atoms with Gasteiger partial charge >= 0.3 is 6.18 Å². The average Bonchev–Trinajstić information content (AvgIpc) is 2.85. The average molecular weight is 404 g/mol. The van der Waals surface area contributed by atoms with E-state index in [1.165, 1.54) is 24.3 Å². The highest BCUT2D eigenvalue weighted by Crippen LogP contribution is 2.38. The van der Waals surface area contributed by atoms with Gasteiger partial charge in [-0.1, -0.05) is 26.0 Å². The lowest BCUT2D eigenvalue weighted by molar-refractivity contribution is -0.138. The van der Waals surface area contributed by atoms with E-state index in [4.69, 9.17) is 10.00 Å². The fourth-order valence-corrected chi connectivity index (χ4v) is 3.38. The lowest BCUT2D eigenvalue weighted by Crippen LogP contribution is -2.36. The van der Waals surface area contributed by atoms with Crippen LogP contribution in [0.5, 0.6) is 11.5 Å². The Balaban J connectivity index is 1.82. The van der Waals surface area contributed by atoms with Gasteiger partial charge in [0, 0.05) is 18.5 Å². The predicted octanol–water partition coefficient (Wildman–Crippen LogP) is 4.10. The number of phenolic OH excluding ortho intramolecular Hbond substituents is 1. The minimum atomic E-state index is -4.70. The van der Waals surface area contributed by atoms with Crippen molar-refractivity contribution in [2.24, 2.45) is 5.41 Å². The Hall–Kier alpha value is -3.21. The molecule has 1 unspecified atom stereocenters. The highest BCUT2D eigenvalue weighted by Gasteiger charge is 2.48. The number of likely N-dealkylation sites (tertiary alicyclic amines) is 1. The number of nitriles is 1. The summed E-state index contributed by atoms with van der Waals surface area (Å²) in [4.78, 5) is 14.5. The first-order valence-electron chi connectivity index (χ1n) is 8.86. The summed E-state index contributed by atoms with van der Waals surface area (Å²) < 4.78 is 45.3. The molecule has 2 aromatic carbocycles. The number of carbonyl (C=O) groups is 1. The summed E-state index contributed by atoms with van der Waals surface area (Å²) in [5, 5.41) is 18.3. The van der Waals surface area contributed by atoms with Crippen LogP contribution < -0.4 is 4.74 Å². The molecule has 29 heavy (non-hydrogen) atoms. The molecule has 1 N–H and O–H groups in total. The van der Waals surface area contributed by atoms with Gasteiger partial charge in [-0.2, -0.15) is 18.4 Å². The van der Waals surface area contributed by atoms with Gasteiger partial charge in [-0.15, -0.1) is 0 Å². The van der Waals surface area contributed by atoms with Crippen molar-refractivity contribution in [1.29, 1.82) is 5.26 Å². The molecule has 1 fully saturated rings. The molecule has 1 aliphatic heterocycles. The van der Waals surface area contributed by atoms with Crippen LogP contribution in [0, 0.1) is 16.7 Å². The van der Waals surface area contributed by atoms with Crippen molar-refractivity contribution in [2.45, 2.75) is 32.7 Å². The number of halogens is 3. The minimum absolute atomic E-state index is 0.115. The second-order valence-electron chi connectivity index (χ2n) is 7.66. The van der Waals surface area contributed by atoms with Crippen LogP contribution in [0.4, 0.5) is 13.2 Å². The summed E-state index contributed by atoms with van der Waals surface area (Å²) in [6, 6.07) is 11.0. The lowest BCUT2D eigenvalue weighted by Gasteiger charge is -2.24. The van der Waals surface area contributed by atoms with Crippen LogP contribution in [0.2, 0.25) is 0 Å². The first-order valence-corrected chi connectivity index (χ1v) is 8.86. The number of ether oxygens (including phenoxy) is 1. The Labute approximate surface area is 165 Å². The van der Waals surface area contributed by atoms with Crippen molar-refractivity contribution < 1.29 is 27.8 Å². The third kappa shape index (κ3) is 4.29. The summed E-state index contributed by atoms with van der Waals surface area (Å²) in [5.74, 6) is -0.334. The number of rotatable bonds is 4. The molecule has 0 aromatic heterocycles. The Kier molecular flexibility index (Phi) is 5.18. The van der Waals surface area contributed by atoms with Gasteiger partial charge in [0.15, 0.2) is 6.10 Å². The van der Waals surface area contributed by atoms with E-state index >= 15 is 0 Å². The summed E-state index contributed by atoms with van der Waals surface area (Å²) in [6.07, 6.45) is -5.67. The molecule has 3 rings (SSSR count). The molecule has 1 heterocycles. The molecule has 0 aliphatic carbocycles. The standard InChI is InChI=1S/C21H19F3N2O3/c1-20(2)12-26(11-13-3-6-15(27)7-4-13)19(28)18(20)29-16-8-5-14(10-25)17(9-16)21(22,23)24/h3-9,18,27H,11-12H2,1-2H3. The number of amides is 1. The zero-order valence-corrected chi connectivity index (χ0v) is 15.8. The van der Waals surface area contributed by atoms with E-state index < -0.39 is 28.8 Å². The van der Waals surface area contributed by atoms with E-state index in [9.17, 15) is 23.1 Å². The SMILES string of the molecule is CC1(C)CN(Cc2ccc(O)cc2)C(=O)C1Oc1ccc(C#N)c(C(F)(F)F)c1. The summed E-state index contributed by atoms with van der Waals surface area (Å²) in [7, 11) is 0.